The highest BCUT2D eigenvalue weighted by atomic mass is 32.1. The Labute approximate surface area is 309 Å². The fourth-order valence-corrected chi connectivity index (χ4v) is 8.36. The van der Waals surface area contributed by atoms with Crippen LogP contribution in [0, 0.1) is 0 Å². The van der Waals surface area contributed by atoms with Crippen molar-refractivity contribution in [2.24, 2.45) is 0 Å². The molecule has 0 amide bonds. The first-order chi connectivity index (χ1) is 25.3. The zero-order valence-electron chi connectivity index (χ0n) is 29.8. The number of hydrogen-bond donors (Lipinski definition) is 1. The number of benzene rings is 7. The largest absolute Gasteiger partial charge is 0.309 e. The molecule has 10 aromatic rings. The summed E-state index contributed by atoms with van der Waals surface area (Å²) in [6, 6.07) is 57.7. The van der Waals surface area contributed by atoms with Crippen LogP contribution in [0.2, 0.25) is 0 Å². The molecule has 0 saturated heterocycles. The van der Waals surface area contributed by atoms with Crippen molar-refractivity contribution < 1.29 is 0 Å². The zero-order chi connectivity index (χ0) is 35.5. The van der Waals surface area contributed by atoms with Gasteiger partial charge >= 0.3 is 0 Å². The minimum atomic E-state index is 1.18. The van der Waals surface area contributed by atoms with E-state index in [1.807, 2.05) is 39.0 Å². The Morgan fingerprint density at radius 1 is 0.353 bits per heavy atom. The minimum Gasteiger partial charge on any atom is -0.309 e. The number of thiophene rings is 1. The van der Waals surface area contributed by atoms with Gasteiger partial charge in [0.25, 0.3) is 0 Å². The molecule has 0 atom stereocenters. The predicted molar refractivity (Wildman–Crippen MR) is 231 cm³/mol. The summed E-state index contributed by atoms with van der Waals surface area (Å²) in [6.07, 6.45) is 1.69. The number of fused-ring (bicyclic) bond motifs is 9. The molecule has 0 aliphatic carbocycles. The van der Waals surface area contributed by atoms with E-state index in [4.69, 9.17) is 0 Å². The maximum absolute atomic E-state index is 3.53. The minimum absolute atomic E-state index is 1.18. The summed E-state index contributed by atoms with van der Waals surface area (Å²) in [5.41, 5.74) is 9.78. The summed E-state index contributed by atoms with van der Waals surface area (Å²) in [7, 11) is 0. The van der Waals surface area contributed by atoms with E-state index in [0.717, 1.165) is 0 Å². The lowest BCUT2D eigenvalue weighted by atomic mass is 10.0. The van der Waals surface area contributed by atoms with Crippen LogP contribution >= 0.6 is 24.0 Å². The van der Waals surface area contributed by atoms with Crippen molar-refractivity contribution in [3.05, 3.63) is 158 Å². The third-order valence-electron chi connectivity index (χ3n) is 9.31. The summed E-state index contributed by atoms with van der Waals surface area (Å²) < 4.78 is 7.41. The quantitative estimate of drug-likeness (QED) is 0.176. The third kappa shape index (κ3) is 5.79. The highest BCUT2D eigenvalue weighted by Gasteiger charge is 2.16. The Morgan fingerprint density at radius 2 is 0.765 bits per heavy atom. The average molecular weight is 699 g/mol. The highest BCUT2D eigenvalue weighted by Crippen LogP contribution is 2.40. The molecule has 0 aliphatic heterocycles. The van der Waals surface area contributed by atoms with Crippen molar-refractivity contribution >= 4 is 87.7 Å². The van der Waals surface area contributed by atoms with Crippen LogP contribution in [-0.4, -0.2) is 15.4 Å². The van der Waals surface area contributed by atoms with E-state index in [9.17, 15) is 0 Å². The standard InChI is InChI=1S/C42H26N2S.2C2H6.CH4S/c1-2-10-29(11-3-1)43-39-17-9-6-14-33(39)34-24-27(18-21-40(34)43)28-19-22-41-35(25-28)36-26-30(20-23-42(36)45-41)44-37-15-7-4-12-31(37)32-13-5-8-16-38(32)44;3*1-2/h1-26H;2*1-2H3;2H,1H3. The van der Waals surface area contributed by atoms with Gasteiger partial charge in [-0.05, 0) is 90.2 Å². The van der Waals surface area contributed by atoms with E-state index in [1.54, 1.807) is 6.26 Å². The van der Waals surface area contributed by atoms with Crippen LogP contribution in [0.5, 0.6) is 0 Å². The van der Waals surface area contributed by atoms with Crippen LogP contribution in [-0.2, 0) is 0 Å². The zero-order valence-corrected chi connectivity index (χ0v) is 31.5. The van der Waals surface area contributed by atoms with Crippen LogP contribution in [0.3, 0.4) is 0 Å². The van der Waals surface area contributed by atoms with Crippen LogP contribution < -0.4 is 0 Å². The SMILES string of the molecule is CC.CC.CS.c1ccc(-n2c3ccccc3c3cc(-c4ccc5sc6ccc(-n7c8ccccc8c8ccccc87)cc6c5c4)ccc32)cc1. The van der Waals surface area contributed by atoms with Crippen LogP contribution in [0.1, 0.15) is 27.7 Å². The second-order valence-electron chi connectivity index (χ2n) is 11.8. The molecule has 0 fully saturated rings. The van der Waals surface area contributed by atoms with Crippen molar-refractivity contribution in [3.63, 3.8) is 0 Å². The molecule has 4 heteroatoms. The monoisotopic (exact) mass is 698 g/mol. The molecule has 3 aromatic heterocycles. The van der Waals surface area contributed by atoms with E-state index in [1.165, 1.54) is 86.3 Å². The average Bonchev–Trinajstić information content (AvgIpc) is 3.87. The van der Waals surface area contributed by atoms with Crippen molar-refractivity contribution in [2.45, 2.75) is 27.7 Å². The molecule has 0 aliphatic rings. The maximum atomic E-state index is 3.53. The fourth-order valence-electron chi connectivity index (χ4n) is 7.29. The van der Waals surface area contributed by atoms with Gasteiger partial charge in [-0.2, -0.15) is 12.6 Å². The van der Waals surface area contributed by atoms with E-state index >= 15 is 0 Å². The second kappa shape index (κ2) is 14.9. The lowest BCUT2D eigenvalue weighted by molar-refractivity contribution is 1.18. The van der Waals surface area contributed by atoms with Gasteiger partial charge in [0.2, 0.25) is 0 Å². The number of aromatic nitrogens is 2. The summed E-state index contributed by atoms with van der Waals surface area (Å²) in [4.78, 5) is 0. The molecule has 7 aromatic carbocycles. The van der Waals surface area contributed by atoms with E-state index in [0.29, 0.717) is 0 Å². The number of nitrogens with zero attached hydrogens (tertiary/aromatic N) is 2. The maximum Gasteiger partial charge on any atom is 0.0541 e. The van der Waals surface area contributed by atoms with Gasteiger partial charge in [-0.1, -0.05) is 113 Å². The predicted octanol–water partition coefficient (Wildman–Crippen LogP) is 14.5. The second-order valence-corrected chi connectivity index (χ2v) is 12.9. The van der Waals surface area contributed by atoms with Gasteiger partial charge in [0, 0.05) is 53.1 Å². The lowest BCUT2D eigenvalue weighted by Crippen LogP contribution is -1.93. The fraction of sp³-hybridized carbons (Fsp3) is 0.106. The molecule has 252 valence electrons. The number of rotatable bonds is 3. The Morgan fingerprint density at radius 3 is 1.35 bits per heavy atom. The topological polar surface area (TPSA) is 9.86 Å². The molecule has 0 spiro atoms. The molecule has 51 heavy (non-hydrogen) atoms. The van der Waals surface area contributed by atoms with Gasteiger partial charge in [0.15, 0.2) is 0 Å². The van der Waals surface area contributed by atoms with E-state index < -0.39 is 0 Å². The summed E-state index contributed by atoms with van der Waals surface area (Å²) >= 11 is 5.40. The van der Waals surface area contributed by atoms with Gasteiger partial charge in [-0.25, -0.2) is 0 Å². The summed E-state index contributed by atoms with van der Waals surface area (Å²) in [6.45, 7) is 8.00. The number of thiol groups is 1. The van der Waals surface area contributed by atoms with Crippen LogP contribution in [0.15, 0.2) is 158 Å². The third-order valence-corrected chi connectivity index (χ3v) is 10.5. The first-order valence-corrected chi connectivity index (χ1v) is 19.5. The van der Waals surface area contributed by atoms with Gasteiger partial charge in [-0.3, -0.25) is 0 Å². The lowest BCUT2D eigenvalue weighted by Gasteiger charge is -2.09. The van der Waals surface area contributed by atoms with E-state index in [2.05, 4.69) is 179 Å². The van der Waals surface area contributed by atoms with Gasteiger partial charge in [-0.15, -0.1) is 11.3 Å². The first kappa shape index (κ1) is 34.2. The first-order valence-electron chi connectivity index (χ1n) is 17.8. The Kier molecular flexibility index (Phi) is 9.99. The number of hydrogen-bond acceptors (Lipinski definition) is 2. The molecule has 0 N–H and O–H groups in total. The highest BCUT2D eigenvalue weighted by molar-refractivity contribution is 7.79. The summed E-state index contributed by atoms with van der Waals surface area (Å²) in [5.74, 6) is 0. The molecule has 0 unspecified atom stereocenters. The molecule has 3 heterocycles. The molecular formula is C47H42N2S2. The smallest absolute Gasteiger partial charge is 0.0541 e. The molecule has 2 nitrogen and oxygen atoms in total. The van der Waals surface area contributed by atoms with Crippen LogP contribution in [0.4, 0.5) is 0 Å². The van der Waals surface area contributed by atoms with Crippen LogP contribution in [0.25, 0.3) is 86.3 Å². The molecule has 0 saturated carbocycles. The van der Waals surface area contributed by atoms with Crippen molar-refractivity contribution in [3.8, 4) is 22.5 Å². The molecule has 0 radical (unpaired) electrons. The van der Waals surface area contributed by atoms with Gasteiger partial charge < -0.3 is 9.13 Å². The molecular weight excluding hydrogens is 657 g/mol. The normalized spacial score (nSPS) is 10.9. The Bertz CT molecular complexity index is 2710. The molecule has 0 bridgehead atoms. The van der Waals surface area contributed by atoms with Crippen molar-refractivity contribution in [2.75, 3.05) is 6.26 Å². The van der Waals surface area contributed by atoms with E-state index in [-0.39, 0.29) is 0 Å². The van der Waals surface area contributed by atoms with Crippen molar-refractivity contribution in [1.29, 1.82) is 0 Å². The van der Waals surface area contributed by atoms with Crippen molar-refractivity contribution in [1.82, 2.24) is 9.13 Å². The summed E-state index contributed by atoms with van der Waals surface area (Å²) in [5, 5.41) is 7.73. The van der Waals surface area contributed by atoms with Gasteiger partial charge in [0.1, 0.15) is 0 Å². The number of para-hydroxylation sites is 4. The molecule has 10 rings (SSSR count). The Hall–Kier alpha value is -5.29. The van der Waals surface area contributed by atoms with Gasteiger partial charge in [0.05, 0.1) is 22.1 Å². The Balaban J connectivity index is 0.000000646.